The molecule has 0 atom stereocenters. The Balaban J connectivity index is 1.60. The summed E-state index contributed by atoms with van der Waals surface area (Å²) in [5.41, 5.74) is 3.58. The van der Waals surface area contributed by atoms with Crippen molar-refractivity contribution in [2.24, 2.45) is 0 Å². The van der Waals surface area contributed by atoms with Crippen molar-refractivity contribution in [2.45, 2.75) is 20.5 Å². The van der Waals surface area contributed by atoms with Crippen LogP contribution in [0.15, 0.2) is 84.4 Å². The van der Waals surface area contributed by atoms with Crippen LogP contribution in [0.5, 0.6) is 11.5 Å². The number of anilines is 1. The first-order chi connectivity index (χ1) is 17.5. The number of carbonyl (C=O) groups is 1. The fourth-order valence-electron chi connectivity index (χ4n) is 3.84. The van der Waals surface area contributed by atoms with Gasteiger partial charge in [-0.2, -0.15) is 5.26 Å². The summed E-state index contributed by atoms with van der Waals surface area (Å²) in [5, 5.41) is 14.5. The molecule has 0 radical (unpaired) electrons. The van der Waals surface area contributed by atoms with Gasteiger partial charge < -0.3 is 14.8 Å². The average molecular weight is 588 g/mol. The Morgan fingerprint density at radius 3 is 2.56 bits per heavy atom. The molecule has 0 saturated carbocycles. The maximum absolute atomic E-state index is 13.0. The summed E-state index contributed by atoms with van der Waals surface area (Å²) in [6.45, 7) is 4.82. The van der Waals surface area contributed by atoms with Crippen LogP contribution in [-0.4, -0.2) is 12.5 Å². The van der Waals surface area contributed by atoms with Gasteiger partial charge in [0.1, 0.15) is 18.2 Å². The average Bonchev–Trinajstić information content (AvgIpc) is 2.88. The number of nitrogens with one attached hydrogen (secondary N) is 1. The van der Waals surface area contributed by atoms with Crippen molar-refractivity contribution in [2.75, 3.05) is 11.9 Å². The Labute approximate surface area is 224 Å². The van der Waals surface area contributed by atoms with Crippen molar-refractivity contribution in [3.8, 4) is 17.6 Å². The maximum atomic E-state index is 13.0. The number of nitrogens with zero attached hydrogens (tertiary/aromatic N) is 1. The van der Waals surface area contributed by atoms with Crippen molar-refractivity contribution in [3.63, 3.8) is 0 Å². The van der Waals surface area contributed by atoms with Crippen molar-refractivity contribution in [3.05, 3.63) is 105 Å². The molecule has 0 heterocycles. The van der Waals surface area contributed by atoms with Gasteiger partial charge in [0.2, 0.25) is 0 Å². The topological polar surface area (TPSA) is 71.3 Å². The van der Waals surface area contributed by atoms with Gasteiger partial charge in [0.05, 0.1) is 10.2 Å². The van der Waals surface area contributed by atoms with Crippen LogP contribution in [0.1, 0.15) is 23.6 Å². The summed E-state index contributed by atoms with van der Waals surface area (Å²) < 4.78 is 12.8. The molecule has 0 unspecified atom stereocenters. The van der Waals surface area contributed by atoms with Crippen LogP contribution < -0.4 is 14.8 Å². The lowest BCUT2D eigenvalue weighted by molar-refractivity contribution is -0.112. The summed E-state index contributed by atoms with van der Waals surface area (Å²) in [7, 11) is 0. The molecule has 4 aromatic rings. The third-order valence-electron chi connectivity index (χ3n) is 5.68. The van der Waals surface area contributed by atoms with E-state index in [1.165, 1.54) is 0 Å². The number of hydrogen-bond donors (Lipinski definition) is 1. The predicted octanol–water partition coefficient (Wildman–Crippen LogP) is 7.28. The van der Waals surface area contributed by atoms with Crippen molar-refractivity contribution >= 4 is 51.0 Å². The van der Waals surface area contributed by atoms with Crippen LogP contribution in [0.25, 0.3) is 16.8 Å². The molecule has 36 heavy (non-hydrogen) atoms. The number of benzene rings is 4. The highest BCUT2D eigenvalue weighted by Gasteiger charge is 2.15. The fourth-order valence-corrected chi connectivity index (χ4v) is 4.62. The lowest BCUT2D eigenvalue weighted by Gasteiger charge is -2.16. The van der Waals surface area contributed by atoms with E-state index in [4.69, 9.17) is 9.47 Å². The van der Waals surface area contributed by atoms with Gasteiger partial charge in [-0.15, -0.1) is 0 Å². The summed E-state index contributed by atoms with van der Waals surface area (Å²) in [4.78, 5) is 13.0. The number of amides is 1. The Morgan fingerprint density at radius 1 is 1.03 bits per heavy atom. The minimum atomic E-state index is -0.471. The molecule has 5 nitrogen and oxygen atoms in total. The minimum absolute atomic E-state index is 0.00485. The molecule has 0 saturated heterocycles. The molecule has 0 aromatic heterocycles. The second-order valence-corrected chi connectivity index (χ2v) is 9.29. The smallest absolute Gasteiger partial charge is 0.266 e. The number of aryl methyl sites for hydroxylation is 1. The van der Waals surface area contributed by atoms with Gasteiger partial charge in [-0.25, -0.2) is 0 Å². The minimum Gasteiger partial charge on any atom is -0.490 e. The fraction of sp³-hybridized carbons (Fsp3) is 0.133. The molecule has 0 bridgehead atoms. The zero-order valence-corrected chi connectivity index (χ0v) is 22.2. The molecule has 0 aliphatic carbocycles. The van der Waals surface area contributed by atoms with E-state index in [2.05, 4.69) is 27.9 Å². The number of ether oxygens (including phenoxy) is 2. The zero-order valence-electron chi connectivity index (χ0n) is 20.0. The van der Waals surface area contributed by atoms with E-state index in [0.29, 0.717) is 36.0 Å². The number of halogens is 1. The van der Waals surface area contributed by atoms with Crippen LogP contribution in [0.4, 0.5) is 5.69 Å². The highest BCUT2D eigenvalue weighted by molar-refractivity contribution is 14.1. The third kappa shape index (κ3) is 5.86. The summed E-state index contributed by atoms with van der Waals surface area (Å²) in [6.07, 6.45) is 1.57. The highest BCUT2D eigenvalue weighted by Crippen LogP contribution is 2.36. The lowest BCUT2D eigenvalue weighted by Crippen LogP contribution is -2.13. The first kappa shape index (κ1) is 25.3. The molecule has 4 aromatic carbocycles. The van der Waals surface area contributed by atoms with Crippen LogP contribution in [-0.2, 0) is 11.4 Å². The number of hydrogen-bond acceptors (Lipinski definition) is 4. The van der Waals surface area contributed by atoms with E-state index in [9.17, 15) is 10.1 Å². The SMILES string of the molecule is CCOc1cc(/C=C(\C#N)C(=O)Nc2cccc3ccccc23)cc(I)c1OCc1ccccc1C. The van der Waals surface area contributed by atoms with Gasteiger partial charge in [0, 0.05) is 11.1 Å². The molecule has 6 heteroatoms. The van der Waals surface area contributed by atoms with Crippen molar-refractivity contribution < 1.29 is 14.3 Å². The Morgan fingerprint density at radius 2 is 1.78 bits per heavy atom. The molecule has 0 aliphatic heterocycles. The standard InChI is InChI=1S/C30H25IN2O3/c1-3-35-28-17-21(16-26(31)29(28)36-19-23-11-5-4-9-20(23)2)15-24(18-32)30(34)33-27-14-8-12-22-10-6-7-13-25(22)27/h4-17H,3,19H2,1-2H3,(H,33,34)/b24-15+. The lowest BCUT2D eigenvalue weighted by atomic mass is 10.1. The molecular formula is C30H25IN2O3. The molecule has 180 valence electrons. The molecule has 1 amide bonds. The Bertz CT molecular complexity index is 1480. The number of nitriles is 1. The number of fused-ring (bicyclic) bond motifs is 1. The maximum Gasteiger partial charge on any atom is 0.266 e. The van der Waals surface area contributed by atoms with Crippen molar-refractivity contribution in [1.82, 2.24) is 0 Å². The van der Waals surface area contributed by atoms with Crippen LogP contribution >= 0.6 is 22.6 Å². The second kappa shape index (κ2) is 11.7. The van der Waals surface area contributed by atoms with Gasteiger partial charge in [-0.3, -0.25) is 4.79 Å². The van der Waals surface area contributed by atoms with Gasteiger partial charge in [0.15, 0.2) is 11.5 Å². The monoisotopic (exact) mass is 588 g/mol. The van der Waals surface area contributed by atoms with E-state index >= 15 is 0 Å². The number of carbonyl (C=O) groups excluding carboxylic acids is 1. The van der Waals surface area contributed by atoms with E-state index in [1.54, 1.807) is 12.1 Å². The second-order valence-electron chi connectivity index (χ2n) is 8.13. The predicted molar refractivity (Wildman–Crippen MR) is 152 cm³/mol. The van der Waals surface area contributed by atoms with E-state index in [-0.39, 0.29) is 5.57 Å². The summed E-state index contributed by atoms with van der Waals surface area (Å²) in [6, 6.07) is 27.2. The summed E-state index contributed by atoms with van der Waals surface area (Å²) >= 11 is 2.19. The quantitative estimate of drug-likeness (QED) is 0.134. The van der Waals surface area contributed by atoms with Crippen molar-refractivity contribution in [1.29, 1.82) is 5.26 Å². The largest absolute Gasteiger partial charge is 0.490 e. The van der Waals surface area contributed by atoms with Crippen LogP contribution in [0, 0.1) is 21.8 Å². The first-order valence-corrected chi connectivity index (χ1v) is 12.6. The van der Waals surface area contributed by atoms with Crippen LogP contribution in [0.2, 0.25) is 0 Å². The van der Waals surface area contributed by atoms with Gasteiger partial charge >= 0.3 is 0 Å². The van der Waals surface area contributed by atoms with E-state index in [1.807, 2.05) is 92.7 Å². The van der Waals surface area contributed by atoms with Gasteiger partial charge in [-0.1, -0.05) is 60.7 Å². The molecule has 0 fully saturated rings. The summed E-state index contributed by atoms with van der Waals surface area (Å²) in [5.74, 6) is 0.731. The molecule has 4 rings (SSSR count). The van der Waals surface area contributed by atoms with Gasteiger partial charge in [0.25, 0.3) is 5.91 Å². The Hall–Kier alpha value is -3.83. The molecule has 1 N–H and O–H groups in total. The van der Waals surface area contributed by atoms with Crippen LogP contribution in [0.3, 0.4) is 0 Å². The molecular weight excluding hydrogens is 563 g/mol. The normalized spacial score (nSPS) is 11.1. The number of rotatable bonds is 8. The zero-order chi connectivity index (χ0) is 25.5. The van der Waals surface area contributed by atoms with E-state index in [0.717, 1.165) is 25.5 Å². The first-order valence-electron chi connectivity index (χ1n) is 11.5. The third-order valence-corrected chi connectivity index (χ3v) is 6.48. The van der Waals surface area contributed by atoms with E-state index < -0.39 is 5.91 Å². The highest BCUT2D eigenvalue weighted by atomic mass is 127. The molecule has 0 spiro atoms. The van der Waals surface area contributed by atoms with Gasteiger partial charge in [-0.05, 0) is 82.8 Å². The molecule has 0 aliphatic rings. The Kier molecular flexibility index (Phi) is 8.24.